The highest BCUT2D eigenvalue weighted by molar-refractivity contribution is 6.10. The van der Waals surface area contributed by atoms with E-state index in [1.54, 1.807) is 0 Å². The number of amides is 1. The molecule has 3 unspecified atom stereocenters. The number of hydrogen-bond acceptors (Lipinski definition) is 2. The summed E-state index contributed by atoms with van der Waals surface area (Å²) < 4.78 is 2.31. The number of anilines is 1. The Kier molecular flexibility index (Phi) is 3.77. The van der Waals surface area contributed by atoms with Crippen molar-refractivity contribution in [2.24, 2.45) is 16.2 Å². The molecule has 2 aliphatic carbocycles. The average Bonchev–Trinajstić information content (AvgIpc) is 3.18. The summed E-state index contributed by atoms with van der Waals surface area (Å²) in [7, 11) is 0. The summed E-state index contributed by atoms with van der Waals surface area (Å²) in [6.45, 7) is 9.53. The lowest BCUT2D eigenvalue weighted by atomic mass is 9.64. The molecule has 4 heteroatoms. The van der Waals surface area contributed by atoms with E-state index in [-0.39, 0.29) is 16.7 Å². The van der Waals surface area contributed by atoms with Gasteiger partial charge >= 0.3 is 0 Å². The van der Waals surface area contributed by atoms with E-state index in [9.17, 15) is 9.90 Å². The molecule has 2 fully saturated rings. The van der Waals surface area contributed by atoms with Crippen molar-refractivity contribution < 1.29 is 9.90 Å². The second-order valence-electron chi connectivity index (χ2n) is 9.79. The summed E-state index contributed by atoms with van der Waals surface area (Å²) in [5.41, 5.74) is 2.32. The number of carbonyl (C=O) groups is 1. The molecule has 0 radical (unpaired) electrons. The second-order valence-corrected chi connectivity index (χ2v) is 9.79. The highest BCUT2D eigenvalue weighted by atomic mass is 16.3. The van der Waals surface area contributed by atoms with Gasteiger partial charge in [0.25, 0.3) is 0 Å². The fraction of sp³-hybridized carbons (Fsp3) is 0.480. The van der Waals surface area contributed by atoms with Gasteiger partial charge in [0.1, 0.15) is 0 Å². The van der Waals surface area contributed by atoms with Gasteiger partial charge in [0.05, 0.1) is 11.5 Å². The van der Waals surface area contributed by atoms with Crippen LogP contribution in [0.25, 0.3) is 21.8 Å². The van der Waals surface area contributed by atoms with E-state index in [0.717, 1.165) is 25.1 Å². The van der Waals surface area contributed by atoms with E-state index in [1.165, 1.54) is 21.8 Å². The molecule has 5 rings (SSSR count). The Bertz CT molecular complexity index is 1140. The first-order chi connectivity index (χ1) is 13.7. The number of fused-ring (bicyclic) bond motifs is 5. The molecule has 4 nitrogen and oxygen atoms in total. The van der Waals surface area contributed by atoms with Crippen LogP contribution in [-0.4, -0.2) is 21.7 Å². The van der Waals surface area contributed by atoms with E-state index in [2.05, 4.69) is 74.0 Å². The van der Waals surface area contributed by atoms with Crippen LogP contribution in [0.4, 0.5) is 5.69 Å². The van der Waals surface area contributed by atoms with Crippen molar-refractivity contribution in [1.82, 2.24) is 4.57 Å². The number of para-hydroxylation sites is 1. The third kappa shape index (κ3) is 2.16. The van der Waals surface area contributed by atoms with Gasteiger partial charge in [-0.3, -0.25) is 4.79 Å². The van der Waals surface area contributed by atoms with Crippen LogP contribution in [0.3, 0.4) is 0 Å². The fourth-order valence-electron chi connectivity index (χ4n) is 6.35. The van der Waals surface area contributed by atoms with Crippen molar-refractivity contribution in [1.29, 1.82) is 0 Å². The summed E-state index contributed by atoms with van der Waals surface area (Å²) in [5, 5.41) is 16.3. The minimum absolute atomic E-state index is 0.0568. The quantitative estimate of drug-likeness (QED) is 0.635. The molecular formula is C25H30N2O2. The first-order valence-corrected chi connectivity index (χ1v) is 10.8. The number of aliphatic hydroxyl groups excluding tert-OH is 1. The molecule has 1 aromatic heterocycles. The number of nitrogens with zero attached hydrogens (tertiary/aromatic N) is 1. The van der Waals surface area contributed by atoms with E-state index in [1.807, 2.05) is 6.07 Å². The normalized spacial score (nSPS) is 30.3. The van der Waals surface area contributed by atoms with Crippen LogP contribution < -0.4 is 5.32 Å². The Morgan fingerprint density at radius 3 is 2.48 bits per heavy atom. The molecule has 2 aromatic carbocycles. The van der Waals surface area contributed by atoms with Crippen LogP contribution in [0.2, 0.25) is 0 Å². The molecule has 2 bridgehead atoms. The van der Waals surface area contributed by atoms with Gasteiger partial charge in [-0.25, -0.2) is 0 Å². The molecule has 0 saturated heterocycles. The third-order valence-electron chi connectivity index (χ3n) is 8.75. The van der Waals surface area contributed by atoms with Crippen molar-refractivity contribution in [2.45, 2.75) is 59.6 Å². The lowest BCUT2D eigenvalue weighted by molar-refractivity contribution is -0.130. The van der Waals surface area contributed by atoms with E-state index >= 15 is 0 Å². The molecule has 29 heavy (non-hydrogen) atoms. The molecule has 152 valence electrons. The number of rotatable bonds is 3. The lowest BCUT2D eigenvalue weighted by Crippen LogP contribution is -2.43. The van der Waals surface area contributed by atoms with Crippen LogP contribution in [-0.2, 0) is 11.3 Å². The first-order valence-electron chi connectivity index (χ1n) is 10.8. The molecule has 2 aliphatic rings. The summed E-state index contributed by atoms with van der Waals surface area (Å²) in [4.78, 5) is 13.5. The SMILES string of the molecule is CCn1c2ccccc2c2cc(NC(=O)C34CCC(C)(C(O)C3)C4(C)C)ccc21. The highest BCUT2D eigenvalue weighted by Gasteiger charge is 2.72. The van der Waals surface area contributed by atoms with Crippen LogP contribution in [0.1, 0.15) is 47.0 Å². The fourth-order valence-corrected chi connectivity index (χ4v) is 6.35. The van der Waals surface area contributed by atoms with Crippen LogP contribution in [0.5, 0.6) is 0 Å². The zero-order valence-corrected chi connectivity index (χ0v) is 17.7. The van der Waals surface area contributed by atoms with Gasteiger partial charge in [-0.2, -0.15) is 0 Å². The Morgan fingerprint density at radius 2 is 1.83 bits per heavy atom. The highest BCUT2D eigenvalue weighted by Crippen LogP contribution is 2.72. The van der Waals surface area contributed by atoms with Crippen LogP contribution >= 0.6 is 0 Å². The molecule has 3 atom stereocenters. The Balaban J connectivity index is 1.55. The van der Waals surface area contributed by atoms with Crippen LogP contribution in [0.15, 0.2) is 42.5 Å². The second kappa shape index (κ2) is 5.85. The van der Waals surface area contributed by atoms with Crippen molar-refractivity contribution in [3.05, 3.63) is 42.5 Å². The molecule has 0 aliphatic heterocycles. The van der Waals surface area contributed by atoms with E-state index < -0.39 is 11.5 Å². The maximum atomic E-state index is 13.5. The van der Waals surface area contributed by atoms with Crippen molar-refractivity contribution in [3.63, 3.8) is 0 Å². The molecule has 1 heterocycles. The summed E-state index contributed by atoms with van der Waals surface area (Å²) >= 11 is 0. The van der Waals surface area contributed by atoms with E-state index in [0.29, 0.717) is 6.42 Å². The van der Waals surface area contributed by atoms with Crippen molar-refractivity contribution in [3.8, 4) is 0 Å². The predicted octanol–water partition coefficient (Wildman–Crippen LogP) is 5.33. The van der Waals surface area contributed by atoms with Crippen molar-refractivity contribution in [2.75, 3.05) is 5.32 Å². The number of benzene rings is 2. The molecule has 0 spiro atoms. The maximum absolute atomic E-state index is 13.5. The van der Waals surface area contributed by atoms with Gasteiger partial charge in [0.2, 0.25) is 5.91 Å². The van der Waals surface area contributed by atoms with Gasteiger partial charge < -0.3 is 15.0 Å². The van der Waals surface area contributed by atoms with Gasteiger partial charge in [-0.15, -0.1) is 0 Å². The van der Waals surface area contributed by atoms with Crippen LogP contribution in [0, 0.1) is 16.2 Å². The maximum Gasteiger partial charge on any atom is 0.231 e. The van der Waals surface area contributed by atoms with Gasteiger partial charge in [0.15, 0.2) is 0 Å². The molecular weight excluding hydrogens is 360 g/mol. The number of nitrogens with one attached hydrogen (secondary N) is 1. The number of carbonyl (C=O) groups excluding carboxylic acids is 1. The Morgan fingerprint density at radius 1 is 1.10 bits per heavy atom. The smallest absolute Gasteiger partial charge is 0.231 e. The zero-order valence-electron chi connectivity index (χ0n) is 17.7. The topological polar surface area (TPSA) is 54.3 Å². The first kappa shape index (κ1) is 18.7. The minimum atomic E-state index is -0.506. The van der Waals surface area contributed by atoms with Gasteiger partial charge in [-0.05, 0) is 61.3 Å². The predicted molar refractivity (Wildman–Crippen MR) is 118 cm³/mol. The van der Waals surface area contributed by atoms with Gasteiger partial charge in [-0.1, -0.05) is 39.0 Å². The summed E-state index contributed by atoms with van der Waals surface area (Å²) in [5.74, 6) is 0.0568. The Labute approximate surface area is 171 Å². The average molecular weight is 391 g/mol. The zero-order chi connectivity index (χ0) is 20.6. The van der Waals surface area contributed by atoms with E-state index in [4.69, 9.17) is 0 Å². The van der Waals surface area contributed by atoms with Gasteiger partial charge in [0, 0.05) is 34.0 Å². The largest absolute Gasteiger partial charge is 0.393 e. The lowest BCUT2D eigenvalue weighted by Gasteiger charge is -2.40. The molecule has 2 N–H and O–H groups in total. The number of hydrogen-bond donors (Lipinski definition) is 2. The number of aryl methyl sites for hydroxylation is 1. The standard InChI is InChI=1S/C25H30N2O2/c1-5-27-19-9-7-6-8-17(19)18-14-16(10-11-20(18)27)26-22(29)25-13-12-24(4,21(28)15-25)23(25,2)3/h6-11,14,21,28H,5,12-13,15H2,1-4H3,(H,26,29). The molecule has 1 amide bonds. The summed E-state index contributed by atoms with van der Waals surface area (Å²) in [6, 6.07) is 14.7. The summed E-state index contributed by atoms with van der Waals surface area (Å²) in [6.07, 6.45) is 1.88. The minimum Gasteiger partial charge on any atom is -0.393 e. The monoisotopic (exact) mass is 390 g/mol. The Hall–Kier alpha value is -2.33. The molecule has 2 saturated carbocycles. The van der Waals surface area contributed by atoms with Crippen molar-refractivity contribution >= 4 is 33.4 Å². The third-order valence-corrected chi connectivity index (χ3v) is 8.75. The molecule has 3 aromatic rings. The number of aromatic nitrogens is 1. The number of aliphatic hydroxyl groups is 1.